The number of carbonyl (C=O) groups excluding carboxylic acids is 1. The van der Waals surface area contributed by atoms with Crippen LogP contribution in [-0.2, 0) is 11.2 Å². The van der Waals surface area contributed by atoms with E-state index in [1.54, 1.807) is 24.3 Å². The van der Waals surface area contributed by atoms with Crippen LogP contribution in [0.25, 0.3) is 0 Å². The molecule has 24 heavy (non-hydrogen) atoms. The highest BCUT2D eigenvalue weighted by Crippen LogP contribution is 2.26. The number of anilines is 1. The number of carboxylic acid groups (broad SMARTS) is 1. The zero-order valence-corrected chi connectivity index (χ0v) is 13.8. The Bertz CT molecular complexity index is 723. The van der Waals surface area contributed by atoms with Crippen molar-refractivity contribution in [3.05, 3.63) is 59.2 Å². The quantitative estimate of drug-likeness (QED) is 0.813. The molecule has 2 rings (SSSR count). The van der Waals surface area contributed by atoms with Gasteiger partial charge in [0.1, 0.15) is 5.75 Å². The summed E-state index contributed by atoms with van der Waals surface area (Å²) in [5, 5.41) is 11.7. The molecular weight excluding hydrogens is 306 g/mol. The lowest BCUT2D eigenvalue weighted by Crippen LogP contribution is -2.13. The van der Waals surface area contributed by atoms with E-state index in [4.69, 9.17) is 9.84 Å². The number of rotatable bonds is 7. The van der Waals surface area contributed by atoms with Crippen molar-refractivity contribution in [2.24, 2.45) is 0 Å². The maximum Gasteiger partial charge on any atom is 0.335 e. The summed E-state index contributed by atoms with van der Waals surface area (Å²) in [5.41, 5.74) is 2.89. The van der Waals surface area contributed by atoms with E-state index in [1.807, 2.05) is 32.0 Å². The maximum absolute atomic E-state index is 12.1. The van der Waals surface area contributed by atoms with E-state index in [2.05, 4.69) is 5.32 Å². The van der Waals surface area contributed by atoms with Gasteiger partial charge in [0, 0.05) is 6.42 Å². The fourth-order valence-corrected chi connectivity index (χ4v) is 2.29. The second-order valence-corrected chi connectivity index (χ2v) is 5.48. The molecule has 0 spiro atoms. The second-order valence-electron chi connectivity index (χ2n) is 5.48. The van der Waals surface area contributed by atoms with Gasteiger partial charge in [-0.15, -0.1) is 0 Å². The molecule has 2 N–H and O–H groups in total. The molecule has 5 nitrogen and oxygen atoms in total. The van der Waals surface area contributed by atoms with E-state index < -0.39 is 5.97 Å². The molecule has 0 fully saturated rings. The number of hydrogen-bond acceptors (Lipinski definition) is 3. The van der Waals surface area contributed by atoms with Crippen LogP contribution in [0, 0.1) is 6.92 Å². The van der Waals surface area contributed by atoms with Gasteiger partial charge in [0.2, 0.25) is 5.91 Å². The summed E-state index contributed by atoms with van der Waals surface area (Å²) >= 11 is 0. The zero-order valence-electron chi connectivity index (χ0n) is 13.8. The van der Waals surface area contributed by atoms with Crippen molar-refractivity contribution in [3.8, 4) is 5.75 Å². The Labute approximate surface area is 141 Å². The van der Waals surface area contributed by atoms with Crippen LogP contribution in [0.3, 0.4) is 0 Å². The van der Waals surface area contributed by atoms with E-state index in [0.717, 1.165) is 11.1 Å². The number of hydrogen-bond donors (Lipinski definition) is 2. The lowest BCUT2D eigenvalue weighted by molar-refractivity contribution is -0.116. The van der Waals surface area contributed by atoms with E-state index in [9.17, 15) is 9.59 Å². The average molecular weight is 327 g/mol. The number of nitrogens with one attached hydrogen (secondary N) is 1. The van der Waals surface area contributed by atoms with E-state index >= 15 is 0 Å². The van der Waals surface area contributed by atoms with Gasteiger partial charge in [-0.2, -0.15) is 0 Å². The lowest BCUT2D eigenvalue weighted by atomic mass is 10.1. The van der Waals surface area contributed by atoms with Gasteiger partial charge in [-0.1, -0.05) is 18.2 Å². The Hall–Kier alpha value is -2.82. The number of amides is 1. The molecule has 2 aromatic carbocycles. The van der Waals surface area contributed by atoms with Crippen LogP contribution in [0.4, 0.5) is 5.69 Å². The maximum atomic E-state index is 12.1. The molecule has 0 aliphatic heterocycles. The minimum Gasteiger partial charge on any atom is -0.492 e. The predicted molar refractivity (Wildman–Crippen MR) is 92.7 cm³/mol. The molecule has 0 aliphatic rings. The van der Waals surface area contributed by atoms with Crippen LogP contribution in [0.15, 0.2) is 42.5 Å². The third-order valence-electron chi connectivity index (χ3n) is 3.55. The Kier molecular flexibility index (Phi) is 5.95. The van der Waals surface area contributed by atoms with Crippen molar-refractivity contribution in [1.29, 1.82) is 0 Å². The molecule has 0 unspecified atom stereocenters. The van der Waals surface area contributed by atoms with Crippen molar-refractivity contribution >= 4 is 17.6 Å². The van der Waals surface area contributed by atoms with Crippen LogP contribution in [0.2, 0.25) is 0 Å². The topological polar surface area (TPSA) is 75.6 Å². The summed E-state index contributed by atoms with van der Waals surface area (Å²) in [6, 6.07) is 12.2. The number of carboxylic acids is 1. The molecule has 0 saturated heterocycles. The molecule has 1 amide bonds. The third kappa shape index (κ3) is 4.84. The molecule has 0 bridgehead atoms. The molecule has 0 heterocycles. The largest absolute Gasteiger partial charge is 0.492 e. The number of ether oxygens (including phenoxy) is 1. The van der Waals surface area contributed by atoms with Gasteiger partial charge >= 0.3 is 5.97 Å². The Balaban J connectivity index is 1.95. The van der Waals surface area contributed by atoms with Crippen LogP contribution >= 0.6 is 0 Å². The van der Waals surface area contributed by atoms with Crippen LogP contribution < -0.4 is 10.1 Å². The second kappa shape index (κ2) is 8.15. The highest BCUT2D eigenvalue weighted by molar-refractivity contribution is 5.92. The number of aromatic carboxylic acids is 1. The summed E-state index contributed by atoms with van der Waals surface area (Å²) in [5.74, 6) is -0.402. The minimum atomic E-state index is -0.956. The molecule has 0 aliphatic carbocycles. The number of carbonyl (C=O) groups is 2. The normalized spacial score (nSPS) is 10.2. The first-order valence-corrected chi connectivity index (χ1v) is 7.85. The number of aryl methyl sites for hydroxylation is 2. The zero-order chi connectivity index (χ0) is 17.5. The molecule has 0 radical (unpaired) electrons. The van der Waals surface area contributed by atoms with Crippen molar-refractivity contribution in [2.45, 2.75) is 26.7 Å². The Morgan fingerprint density at radius 3 is 2.46 bits per heavy atom. The summed E-state index contributed by atoms with van der Waals surface area (Å²) in [6.07, 6.45) is 0.855. The fraction of sp³-hybridized carbons (Fsp3) is 0.263. The number of benzene rings is 2. The third-order valence-corrected chi connectivity index (χ3v) is 3.55. The van der Waals surface area contributed by atoms with E-state index in [-0.39, 0.29) is 11.5 Å². The van der Waals surface area contributed by atoms with Gasteiger partial charge in [0.05, 0.1) is 17.9 Å². The van der Waals surface area contributed by atoms with Gasteiger partial charge in [-0.25, -0.2) is 4.79 Å². The Morgan fingerprint density at radius 2 is 1.83 bits per heavy atom. The van der Waals surface area contributed by atoms with Crippen LogP contribution in [-0.4, -0.2) is 23.6 Å². The van der Waals surface area contributed by atoms with Crippen molar-refractivity contribution in [1.82, 2.24) is 0 Å². The summed E-state index contributed by atoms with van der Waals surface area (Å²) in [6.45, 7) is 4.39. The minimum absolute atomic E-state index is 0.109. The first-order valence-electron chi connectivity index (χ1n) is 7.85. The molecule has 126 valence electrons. The fourth-order valence-electron chi connectivity index (χ4n) is 2.29. The average Bonchev–Trinajstić information content (AvgIpc) is 2.56. The molecule has 5 heteroatoms. The van der Waals surface area contributed by atoms with Crippen molar-refractivity contribution < 1.29 is 19.4 Å². The first kappa shape index (κ1) is 17.5. The molecule has 2 aromatic rings. The molecular formula is C19H21NO4. The molecule has 0 saturated carbocycles. The summed E-state index contributed by atoms with van der Waals surface area (Å²) in [7, 11) is 0. The predicted octanol–water partition coefficient (Wildman–Crippen LogP) is 3.66. The summed E-state index contributed by atoms with van der Waals surface area (Å²) < 4.78 is 5.55. The highest BCUT2D eigenvalue weighted by atomic mass is 16.5. The Morgan fingerprint density at radius 1 is 1.12 bits per heavy atom. The van der Waals surface area contributed by atoms with Gasteiger partial charge < -0.3 is 15.2 Å². The van der Waals surface area contributed by atoms with Gasteiger partial charge in [-0.3, -0.25) is 4.79 Å². The monoisotopic (exact) mass is 327 g/mol. The molecule has 0 aromatic heterocycles. The smallest absolute Gasteiger partial charge is 0.335 e. The van der Waals surface area contributed by atoms with Gasteiger partial charge in [-0.05, 0) is 55.7 Å². The van der Waals surface area contributed by atoms with Gasteiger partial charge in [0.15, 0.2) is 0 Å². The SMILES string of the molecule is CCOc1cc(C)ccc1NC(=O)CCc1ccc(C(=O)O)cc1. The molecule has 0 atom stereocenters. The van der Waals surface area contributed by atoms with Crippen molar-refractivity contribution in [3.63, 3.8) is 0 Å². The van der Waals surface area contributed by atoms with Crippen LogP contribution in [0.5, 0.6) is 5.75 Å². The van der Waals surface area contributed by atoms with E-state index in [1.165, 1.54) is 0 Å². The van der Waals surface area contributed by atoms with Crippen LogP contribution in [0.1, 0.15) is 34.8 Å². The van der Waals surface area contributed by atoms with Crippen molar-refractivity contribution in [2.75, 3.05) is 11.9 Å². The standard InChI is InChI=1S/C19H21NO4/c1-3-24-17-12-13(2)4-10-16(17)20-18(21)11-7-14-5-8-15(9-6-14)19(22)23/h4-6,8-10,12H,3,7,11H2,1-2H3,(H,20,21)(H,22,23). The van der Waals surface area contributed by atoms with Gasteiger partial charge in [0.25, 0.3) is 0 Å². The lowest BCUT2D eigenvalue weighted by Gasteiger charge is -2.12. The first-order chi connectivity index (χ1) is 11.5. The highest BCUT2D eigenvalue weighted by Gasteiger charge is 2.09. The summed E-state index contributed by atoms with van der Waals surface area (Å²) in [4.78, 5) is 23.0. The van der Waals surface area contributed by atoms with E-state index in [0.29, 0.717) is 30.9 Å².